The molecule has 26 heavy (non-hydrogen) atoms. The summed E-state index contributed by atoms with van der Waals surface area (Å²) >= 11 is 5.81. The van der Waals surface area contributed by atoms with Gasteiger partial charge in [0, 0.05) is 27.5 Å². The second-order valence-electron chi connectivity index (χ2n) is 5.50. The van der Waals surface area contributed by atoms with Crippen LogP contribution in [0.1, 0.15) is 20.7 Å². The third-order valence-corrected chi connectivity index (χ3v) is 3.84. The van der Waals surface area contributed by atoms with Crippen molar-refractivity contribution < 1.29 is 14.0 Å². The molecule has 0 atom stereocenters. The standard InChI is InChI=1S/C20H14ClFN2O2/c21-15-6-4-13(5-7-15)19(25)24-18-3-1-2-14(12-18)20(26)23-17-10-8-16(22)9-11-17/h1-12H,(H,23,26)(H,24,25). The van der Waals surface area contributed by atoms with Crippen molar-refractivity contribution in [2.75, 3.05) is 10.6 Å². The summed E-state index contributed by atoms with van der Waals surface area (Å²) in [5.41, 5.74) is 1.78. The Morgan fingerprint density at radius 3 is 2.04 bits per heavy atom. The molecule has 0 aliphatic carbocycles. The summed E-state index contributed by atoms with van der Waals surface area (Å²) in [6, 6.07) is 18.5. The molecule has 0 bridgehead atoms. The van der Waals surface area contributed by atoms with Gasteiger partial charge in [0.2, 0.25) is 0 Å². The van der Waals surface area contributed by atoms with Gasteiger partial charge in [-0.1, -0.05) is 17.7 Å². The molecular formula is C20H14ClFN2O2. The number of halogens is 2. The Kier molecular flexibility index (Phi) is 5.29. The first-order valence-corrected chi connectivity index (χ1v) is 8.13. The van der Waals surface area contributed by atoms with Crippen LogP contribution in [0.5, 0.6) is 0 Å². The first kappa shape index (κ1) is 17.6. The second kappa shape index (κ2) is 7.80. The van der Waals surface area contributed by atoms with Crippen LogP contribution in [0, 0.1) is 5.82 Å². The van der Waals surface area contributed by atoms with Gasteiger partial charge < -0.3 is 10.6 Å². The van der Waals surface area contributed by atoms with E-state index in [1.54, 1.807) is 48.5 Å². The molecule has 0 spiro atoms. The van der Waals surface area contributed by atoms with Crippen molar-refractivity contribution in [3.05, 3.63) is 94.8 Å². The fourth-order valence-electron chi connectivity index (χ4n) is 2.28. The van der Waals surface area contributed by atoms with Gasteiger partial charge in [-0.3, -0.25) is 9.59 Å². The van der Waals surface area contributed by atoms with Crippen LogP contribution in [-0.2, 0) is 0 Å². The minimum absolute atomic E-state index is 0.308. The Hall–Kier alpha value is -3.18. The number of benzene rings is 3. The zero-order valence-corrected chi connectivity index (χ0v) is 14.3. The third-order valence-electron chi connectivity index (χ3n) is 3.59. The van der Waals surface area contributed by atoms with Crippen molar-refractivity contribution in [1.29, 1.82) is 0 Å². The normalized spacial score (nSPS) is 10.2. The number of nitrogens with one attached hydrogen (secondary N) is 2. The van der Waals surface area contributed by atoms with E-state index in [2.05, 4.69) is 10.6 Å². The highest BCUT2D eigenvalue weighted by atomic mass is 35.5. The average molecular weight is 369 g/mol. The van der Waals surface area contributed by atoms with Crippen molar-refractivity contribution >= 4 is 34.8 Å². The Morgan fingerprint density at radius 2 is 1.35 bits per heavy atom. The minimum atomic E-state index is -0.380. The van der Waals surface area contributed by atoms with Gasteiger partial charge in [-0.15, -0.1) is 0 Å². The van der Waals surface area contributed by atoms with Crippen LogP contribution >= 0.6 is 11.6 Å². The lowest BCUT2D eigenvalue weighted by Gasteiger charge is -2.09. The van der Waals surface area contributed by atoms with E-state index in [1.165, 1.54) is 24.3 Å². The lowest BCUT2D eigenvalue weighted by Crippen LogP contribution is -2.14. The van der Waals surface area contributed by atoms with Gasteiger partial charge in [-0.25, -0.2) is 4.39 Å². The number of amides is 2. The van der Waals surface area contributed by atoms with Crippen LogP contribution in [-0.4, -0.2) is 11.8 Å². The fourth-order valence-corrected chi connectivity index (χ4v) is 2.41. The molecule has 0 aliphatic rings. The summed E-state index contributed by atoms with van der Waals surface area (Å²) in [5.74, 6) is -1.05. The predicted molar refractivity (Wildman–Crippen MR) is 100 cm³/mol. The Bertz CT molecular complexity index is 941. The van der Waals surface area contributed by atoms with Gasteiger partial charge in [0.15, 0.2) is 0 Å². The van der Waals surface area contributed by atoms with E-state index >= 15 is 0 Å². The molecule has 0 fully saturated rings. The maximum absolute atomic E-state index is 12.9. The van der Waals surface area contributed by atoms with Crippen molar-refractivity contribution in [2.45, 2.75) is 0 Å². The molecule has 0 aromatic heterocycles. The van der Waals surface area contributed by atoms with Gasteiger partial charge in [-0.05, 0) is 66.7 Å². The molecule has 2 N–H and O–H groups in total. The molecule has 130 valence electrons. The molecule has 3 aromatic rings. The van der Waals surface area contributed by atoms with E-state index in [0.29, 0.717) is 27.5 Å². The number of anilines is 2. The van der Waals surface area contributed by atoms with E-state index in [0.717, 1.165) is 0 Å². The number of carbonyl (C=O) groups excluding carboxylic acids is 2. The highest BCUT2D eigenvalue weighted by molar-refractivity contribution is 6.30. The highest BCUT2D eigenvalue weighted by Crippen LogP contribution is 2.16. The molecule has 0 unspecified atom stereocenters. The quantitative estimate of drug-likeness (QED) is 0.682. The molecule has 0 heterocycles. The maximum atomic E-state index is 12.9. The maximum Gasteiger partial charge on any atom is 0.255 e. The summed E-state index contributed by atoms with van der Waals surface area (Å²) in [7, 11) is 0. The van der Waals surface area contributed by atoms with Crippen LogP contribution in [0.15, 0.2) is 72.8 Å². The first-order chi connectivity index (χ1) is 12.5. The zero-order valence-electron chi connectivity index (χ0n) is 13.5. The van der Waals surface area contributed by atoms with Crippen LogP contribution in [0.25, 0.3) is 0 Å². The molecule has 2 amide bonds. The average Bonchev–Trinajstić information content (AvgIpc) is 2.64. The summed E-state index contributed by atoms with van der Waals surface area (Å²) in [6.07, 6.45) is 0. The lowest BCUT2D eigenvalue weighted by atomic mass is 10.1. The van der Waals surface area contributed by atoms with E-state index < -0.39 is 0 Å². The first-order valence-electron chi connectivity index (χ1n) is 7.75. The number of hydrogen-bond acceptors (Lipinski definition) is 2. The summed E-state index contributed by atoms with van der Waals surface area (Å²) in [5, 5.41) is 5.95. The smallest absolute Gasteiger partial charge is 0.255 e. The number of hydrogen-bond donors (Lipinski definition) is 2. The molecule has 0 aliphatic heterocycles. The van der Waals surface area contributed by atoms with Gasteiger partial charge >= 0.3 is 0 Å². The lowest BCUT2D eigenvalue weighted by molar-refractivity contribution is 0.101. The number of rotatable bonds is 4. The van der Waals surface area contributed by atoms with Crippen molar-refractivity contribution in [2.24, 2.45) is 0 Å². The van der Waals surface area contributed by atoms with Gasteiger partial charge in [0.1, 0.15) is 5.82 Å². The Balaban J connectivity index is 1.71. The predicted octanol–water partition coefficient (Wildman–Crippen LogP) is 4.98. The molecule has 6 heteroatoms. The van der Waals surface area contributed by atoms with Crippen LogP contribution in [0.4, 0.5) is 15.8 Å². The molecule has 3 rings (SSSR count). The van der Waals surface area contributed by atoms with Crippen molar-refractivity contribution in [1.82, 2.24) is 0 Å². The van der Waals surface area contributed by atoms with Gasteiger partial charge in [-0.2, -0.15) is 0 Å². The highest BCUT2D eigenvalue weighted by Gasteiger charge is 2.10. The largest absolute Gasteiger partial charge is 0.322 e. The Labute approximate surface area is 154 Å². The number of carbonyl (C=O) groups is 2. The Morgan fingerprint density at radius 1 is 0.731 bits per heavy atom. The summed E-state index contributed by atoms with van der Waals surface area (Å²) in [6.45, 7) is 0. The summed E-state index contributed by atoms with van der Waals surface area (Å²) < 4.78 is 12.9. The van der Waals surface area contributed by atoms with Crippen LogP contribution in [0.3, 0.4) is 0 Å². The summed E-state index contributed by atoms with van der Waals surface area (Å²) in [4.78, 5) is 24.6. The molecule has 4 nitrogen and oxygen atoms in total. The topological polar surface area (TPSA) is 58.2 Å². The second-order valence-corrected chi connectivity index (χ2v) is 5.94. The van der Waals surface area contributed by atoms with Gasteiger partial charge in [0.25, 0.3) is 11.8 Å². The molecule has 0 saturated heterocycles. The zero-order chi connectivity index (χ0) is 18.5. The fraction of sp³-hybridized carbons (Fsp3) is 0. The van der Waals surface area contributed by atoms with Crippen LogP contribution < -0.4 is 10.6 Å². The van der Waals surface area contributed by atoms with E-state index in [4.69, 9.17) is 11.6 Å². The van der Waals surface area contributed by atoms with Gasteiger partial charge in [0.05, 0.1) is 0 Å². The monoisotopic (exact) mass is 368 g/mol. The minimum Gasteiger partial charge on any atom is -0.322 e. The molecule has 0 radical (unpaired) electrons. The van der Waals surface area contributed by atoms with E-state index in [1.807, 2.05) is 0 Å². The molecular weight excluding hydrogens is 355 g/mol. The van der Waals surface area contributed by atoms with Crippen LogP contribution in [0.2, 0.25) is 5.02 Å². The third kappa shape index (κ3) is 4.46. The molecule has 0 saturated carbocycles. The molecule has 3 aromatic carbocycles. The van der Waals surface area contributed by atoms with E-state index in [-0.39, 0.29) is 17.6 Å². The SMILES string of the molecule is O=C(Nc1cccc(C(=O)Nc2ccc(F)cc2)c1)c1ccc(Cl)cc1. The van der Waals surface area contributed by atoms with Crippen molar-refractivity contribution in [3.63, 3.8) is 0 Å². The van der Waals surface area contributed by atoms with E-state index in [9.17, 15) is 14.0 Å². The van der Waals surface area contributed by atoms with Crippen molar-refractivity contribution in [3.8, 4) is 0 Å².